The summed E-state index contributed by atoms with van der Waals surface area (Å²) in [6.45, 7) is 0. The Morgan fingerprint density at radius 1 is 1.12 bits per heavy atom. The van der Waals surface area contributed by atoms with Gasteiger partial charge >= 0.3 is 5.76 Å². The molecule has 0 bridgehead atoms. The maximum Gasteiger partial charge on any atom is 0.417 e. The first-order valence-corrected chi connectivity index (χ1v) is 8.15. The van der Waals surface area contributed by atoms with Gasteiger partial charge in [0.05, 0.1) is 12.6 Å². The number of ketones is 1. The van der Waals surface area contributed by atoms with Gasteiger partial charge in [0.2, 0.25) is 5.91 Å². The average Bonchev–Trinajstić information content (AvgIpc) is 3.01. The van der Waals surface area contributed by atoms with Crippen LogP contribution in [-0.4, -0.2) is 23.8 Å². The van der Waals surface area contributed by atoms with Crippen molar-refractivity contribution in [2.75, 3.05) is 12.4 Å². The quantitative estimate of drug-likeness (QED) is 0.635. The number of amides is 1. The number of aromatic nitrogens is 1. The van der Waals surface area contributed by atoms with Gasteiger partial charge in [0.15, 0.2) is 11.4 Å². The van der Waals surface area contributed by atoms with E-state index in [2.05, 4.69) is 10.3 Å². The van der Waals surface area contributed by atoms with Crippen molar-refractivity contribution in [2.24, 2.45) is 0 Å². The highest BCUT2D eigenvalue weighted by atomic mass is 16.5. The number of rotatable bonds is 7. The van der Waals surface area contributed by atoms with E-state index in [0.29, 0.717) is 34.5 Å². The molecule has 3 rings (SSSR count). The molecule has 0 saturated carbocycles. The first kappa shape index (κ1) is 17.5. The summed E-state index contributed by atoms with van der Waals surface area (Å²) in [5.41, 5.74) is 2.08. The highest BCUT2D eigenvalue weighted by Crippen LogP contribution is 2.17. The Bertz CT molecular complexity index is 985. The van der Waals surface area contributed by atoms with Crippen molar-refractivity contribution in [3.63, 3.8) is 0 Å². The van der Waals surface area contributed by atoms with Gasteiger partial charge < -0.3 is 14.5 Å². The van der Waals surface area contributed by atoms with Crippen LogP contribution in [0, 0.1) is 0 Å². The van der Waals surface area contributed by atoms with Gasteiger partial charge in [0.25, 0.3) is 0 Å². The van der Waals surface area contributed by atoms with Crippen LogP contribution in [-0.2, 0) is 4.79 Å². The number of hydrogen-bond acceptors (Lipinski definition) is 5. The van der Waals surface area contributed by atoms with E-state index >= 15 is 0 Å². The molecule has 26 heavy (non-hydrogen) atoms. The van der Waals surface area contributed by atoms with E-state index in [0.717, 1.165) is 0 Å². The van der Waals surface area contributed by atoms with Crippen molar-refractivity contribution < 1.29 is 18.7 Å². The first-order chi connectivity index (χ1) is 12.5. The number of H-pyrrole nitrogens is 1. The Balaban J connectivity index is 1.49. The maximum absolute atomic E-state index is 12.1. The van der Waals surface area contributed by atoms with E-state index in [4.69, 9.17) is 9.15 Å². The number of benzene rings is 2. The Hall–Kier alpha value is -3.35. The number of oxazole rings is 1. The molecule has 2 N–H and O–H groups in total. The van der Waals surface area contributed by atoms with E-state index in [1.807, 2.05) is 0 Å². The molecule has 7 nitrogen and oxygen atoms in total. The molecule has 0 aliphatic heterocycles. The number of aromatic amines is 1. The Morgan fingerprint density at radius 2 is 1.88 bits per heavy atom. The van der Waals surface area contributed by atoms with Gasteiger partial charge in [-0.2, -0.15) is 0 Å². The highest BCUT2D eigenvalue weighted by molar-refractivity contribution is 5.97. The molecule has 2 aromatic carbocycles. The average molecular weight is 354 g/mol. The van der Waals surface area contributed by atoms with Crippen molar-refractivity contribution in [3.8, 4) is 5.75 Å². The molecule has 0 spiro atoms. The molecule has 0 aliphatic carbocycles. The van der Waals surface area contributed by atoms with Gasteiger partial charge in [-0.05, 0) is 42.8 Å². The lowest BCUT2D eigenvalue weighted by Gasteiger charge is -2.05. The fourth-order valence-electron chi connectivity index (χ4n) is 2.58. The van der Waals surface area contributed by atoms with E-state index < -0.39 is 5.76 Å². The normalized spacial score (nSPS) is 10.7. The number of hydrogen-bond donors (Lipinski definition) is 2. The van der Waals surface area contributed by atoms with Crippen LogP contribution < -0.4 is 15.8 Å². The smallest absolute Gasteiger partial charge is 0.417 e. The Labute approximate surface area is 149 Å². The van der Waals surface area contributed by atoms with Crippen LogP contribution in [0.5, 0.6) is 5.75 Å². The van der Waals surface area contributed by atoms with Gasteiger partial charge in [0, 0.05) is 30.2 Å². The van der Waals surface area contributed by atoms with E-state index in [1.165, 1.54) is 0 Å². The van der Waals surface area contributed by atoms with Crippen LogP contribution in [0.15, 0.2) is 51.7 Å². The topological polar surface area (TPSA) is 101 Å². The molecule has 1 heterocycles. The molecule has 1 amide bonds. The highest BCUT2D eigenvalue weighted by Gasteiger charge is 2.09. The van der Waals surface area contributed by atoms with Crippen molar-refractivity contribution in [1.82, 2.24) is 4.98 Å². The van der Waals surface area contributed by atoms with Crippen LogP contribution in [0.2, 0.25) is 0 Å². The van der Waals surface area contributed by atoms with Gasteiger partial charge in [-0.25, -0.2) is 4.79 Å². The summed E-state index contributed by atoms with van der Waals surface area (Å²) in [6, 6.07) is 11.8. The second-order valence-corrected chi connectivity index (χ2v) is 5.78. The largest absolute Gasteiger partial charge is 0.497 e. The number of methoxy groups -OCH3 is 1. The molecule has 7 heteroatoms. The summed E-state index contributed by atoms with van der Waals surface area (Å²) in [5.74, 6) is -0.0718. The SMILES string of the molecule is COc1ccc(C(=O)CCCC(=O)Nc2ccc3[nH]c(=O)oc3c2)cc1. The van der Waals surface area contributed by atoms with Gasteiger partial charge in [-0.1, -0.05) is 0 Å². The molecule has 134 valence electrons. The summed E-state index contributed by atoms with van der Waals surface area (Å²) in [6.07, 6.45) is 0.945. The maximum atomic E-state index is 12.1. The monoisotopic (exact) mass is 354 g/mol. The van der Waals surface area contributed by atoms with Crippen LogP contribution in [0.3, 0.4) is 0 Å². The minimum absolute atomic E-state index is 0.0176. The van der Waals surface area contributed by atoms with Crippen LogP contribution in [0.4, 0.5) is 5.69 Å². The van der Waals surface area contributed by atoms with Crippen molar-refractivity contribution in [2.45, 2.75) is 19.3 Å². The minimum atomic E-state index is -0.541. The minimum Gasteiger partial charge on any atom is -0.497 e. The molecule has 0 radical (unpaired) electrons. The van der Waals surface area contributed by atoms with Crippen LogP contribution in [0.1, 0.15) is 29.6 Å². The third-order valence-electron chi connectivity index (χ3n) is 3.92. The van der Waals surface area contributed by atoms with Gasteiger partial charge in [0.1, 0.15) is 5.75 Å². The number of fused-ring (bicyclic) bond motifs is 1. The third kappa shape index (κ3) is 4.18. The summed E-state index contributed by atoms with van der Waals surface area (Å²) in [7, 11) is 1.57. The van der Waals surface area contributed by atoms with Gasteiger partial charge in [-0.3, -0.25) is 14.6 Å². The first-order valence-electron chi connectivity index (χ1n) is 8.15. The third-order valence-corrected chi connectivity index (χ3v) is 3.92. The number of carbonyl (C=O) groups excluding carboxylic acids is 2. The lowest BCUT2D eigenvalue weighted by molar-refractivity contribution is -0.116. The van der Waals surface area contributed by atoms with Crippen molar-refractivity contribution >= 4 is 28.5 Å². The number of Topliss-reactive ketones (excluding diaryl/α,β-unsaturated/α-hetero) is 1. The Kier molecular flexibility index (Phi) is 5.17. The lowest BCUT2D eigenvalue weighted by atomic mass is 10.1. The molecule has 0 fully saturated rings. The molecule has 0 unspecified atom stereocenters. The molecule has 0 atom stereocenters. The Morgan fingerprint density at radius 3 is 2.62 bits per heavy atom. The molecular weight excluding hydrogens is 336 g/mol. The summed E-state index contributed by atoms with van der Waals surface area (Å²) >= 11 is 0. The van der Waals surface area contributed by atoms with Crippen LogP contribution in [0.25, 0.3) is 11.1 Å². The molecule has 1 aromatic heterocycles. The second kappa shape index (κ2) is 7.69. The molecule has 3 aromatic rings. The van der Waals surface area contributed by atoms with E-state index in [-0.39, 0.29) is 24.5 Å². The zero-order chi connectivity index (χ0) is 18.5. The van der Waals surface area contributed by atoms with E-state index in [9.17, 15) is 14.4 Å². The summed E-state index contributed by atoms with van der Waals surface area (Å²) in [5, 5.41) is 2.73. The fourth-order valence-corrected chi connectivity index (χ4v) is 2.58. The van der Waals surface area contributed by atoms with Gasteiger partial charge in [-0.15, -0.1) is 0 Å². The zero-order valence-corrected chi connectivity index (χ0v) is 14.2. The number of nitrogens with one attached hydrogen (secondary N) is 2. The summed E-state index contributed by atoms with van der Waals surface area (Å²) < 4.78 is 10.0. The summed E-state index contributed by atoms with van der Waals surface area (Å²) in [4.78, 5) is 37.8. The lowest BCUT2D eigenvalue weighted by Crippen LogP contribution is -2.12. The standard InChI is InChI=1S/C19H18N2O5/c1-25-14-8-5-12(6-9-14)16(22)3-2-4-18(23)20-13-7-10-15-17(11-13)26-19(24)21-15/h5-11H,2-4H2,1H3,(H,20,23)(H,21,24). The predicted molar refractivity (Wildman–Crippen MR) is 96.6 cm³/mol. The zero-order valence-electron chi connectivity index (χ0n) is 14.2. The van der Waals surface area contributed by atoms with Crippen molar-refractivity contribution in [3.05, 3.63) is 58.6 Å². The second-order valence-electron chi connectivity index (χ2n) is 5.78. The number of ether oxygens (including phenoxy) is 1. The molecule has 0 saturated heterocycles. The van der Waals surface area contributed by atoms with Crippen LogP contribution >= 0.6 is 0 Å². The molecule has 0 aliphatic rings. The number of anilines is 1. The number of carbonyl (C=O) groups is 2. The predicted octanol–water partition coefficient (Wildman–Crippen LogP) is 3.12. The fraction of sp³-hybridized carbons (Fsp3) is 0.211. The molecular formula is C19H18N2O5. The van der Waals surface area contributed by atoms with Crippen molar-refractivity contribution in [1.29, 1.82) is 0 Å². The van der Waals surface area contributed by atoms with E-state index in [1.54, 1.807) is 49.6 Å².